The summed E-state index contributed by atoms with van der Waals surface area (Å²) in [4.78, 5) is 26.1. The third-order valence-corrected chi connectivity index (χ3v) is 6.66. The van der Waals surface area contributed by atoms with E-state index in [0.29, 0.717) is 23.5 Å². The molecule has 0 spiro atoms. The minimum Gasteiger partial charge on any atom is -0.530 e. The number of hydrogen-bond acceptors (Lipinski definition) is 7. The molecule has 0 saturated carbocycles. The monoisotopic (exact) mass is 514 g/mol. The number of carbonyl (C=O) groups excluding carboxylic acids is 1. The minimum absolute atomic E-state index is 0.0327. The van der Waals surface area contributed by atoms with Gasteiger partial charge in [-0.05, 0) is 31.5 Å². The van der Waals surface area contributed by atoms with Gasteiger partial charge in [0.05, 0.1) is 23.4 Å². The number of amides is 1. The Morgan fingerprint density at radius 3 is 2.73 bits per heavy atom. The van der Waals surface area contributed by atoms with E-state index in [2.05, 4.69) is 15.1 Å². The van der Waals surface area contributed by atoms with E-state index in [4.69, 9.17) is 9.72 Å². The number of benzene rings is 1. The molecule has 0 aliphatic carbocycles. The van der Waals surface area contributed by atoms with Gasteiger partial charge in [0.2, 0.25) is 5.88 Å². The van der Waals surface area contributed by atoms with Crippen LogP contribution in [0.2, 0.25) is 0 Å². The van der Waals surface area contributed by atoms with Gasteiger partial charge in [-0.2, -0.15) is 23.3 Å². The summed E-state index contributed by atoms with van der Waals surface area (Å²) < 4.78 is 49.8. The summed E-state index contributed by atoms with van der Waals surface area (Å²) in [7, 11) is 1.79. The molecule has 4 aromatic rings. The first kappa shape index (κ1) is 24.5. The number of aromatic nitrogens is 6. The molecule has 1 aliphatic heterocycles. The number of carboxylic acid groups (broad SMARTS) is 1. The highest BCUT2D eigenvalue weighted by molar-refractivity contribution is 5.81. The third-order valence-electron chi connectivity index (χ3n) is 6.66. The van der Waals surface area contributed by atoms with Crippen LogP contribution in [0.4, 0.5) is 18.0 Å². The normalized spacial score (nSPS) is 18.1. The Hall–Kier alpha value is -4.16. The topological polar surface area (TPSA) is 114 Å². The van der Waals surface area contributed by atoms with Crippen molar-refractivity contribution in [2.45, 2.75) is 45.1 Å². The van der Waals surface area contributed by atoms with Crippen molar-refractivity contribution in [2.75, 3.05) is 6.54 Å². The molecule has 0 bridgehead atoms. The Balaban J connectivity index is 1.54. The average Bonchev–Trinajstić information content (AvgIpc) is 3.54. The number of aryl methyl sites for hydroxylation is 2. The van der Waals surface area contributed by atoms with Crippen molar-refractivity contribution in [3.05, 3.63) is 53.6 Å². The molecule has 1 fully saturated rings. The SMILES string of the molecule is CCn1ncc(-c2nc3c(OC4CCN(C(=O)[O-])C4c4cccc(C(F)(F)F)c4)ncnc3n2C)c1C. The standard InChI is InChI=1S/C24H24F3N7O3/c1-4-34-13(2)16(11-30-34)20-31-18-21(32(20)3)28-12-29-22(18)37-17-8-9-33(23(35)36)19(17)14-6-5-7-15(10-14)24(25,26)27/h5-7,10-12,17,19H,4,8-9H2,1-3H3,(H,35,36)/p-1. The molecule has 1 amide bonds. The van der Waals surface area contributed by atoms with Crippen LogP contribution in [0.25, 0.3) is 22.6 Å². The summed E-state index contributed by atoms with van der Waals surface area (Å²) in [6, 6.07) is 3.54. The number of hydrogen-bond donors (Lipinski definition) is 0. The van der Waals surface area contributed by atoms with Crippen LogP contribution in [-0.4, -0.2) is 52.9 Å². The van der Waals surface area contributed by atoms with Gasteiger partial charge in [-0.15, -0.1) is 0 Å². The van der Waals surface area contributed by atoms with Gasteiger partial charge in [0, 0.05) is 32.3 Å². The lowest BCUT2D eigenvalue weighted by Gasteiger charge is -2.30. The Kier molecular flexibility index (Phi) is 6.00. The quantitative estimate of drug-likeness (QED) is 0.402. The molecule has 3 aromatic heterocycles. The number of ether oxygens (including phenoxy) is 1. The number of fused-ring (bicyclic) bond motifs is 1. The van der Waals surface area contributed by atoms with Crippen molar-refractivity contribution in [1.29, 1.82) is 0 Å². The van der Waals surface area contributed by atoms with Crippen molar-refractivity contribution < 1.29 is 27.8 Å². The Bertz CT molecular complexity index is 1480. The largest absolute Gasteiger partial charge is 0.530 e. The number of rotatable bonds is 5. The van der Waals surface area contributed by atoms with E-state index in [1.54, 1.807) is 17.8 Å². The molecule has 1 saturated heterocycles. The molecular formula is C24H23F3N7O3-. The Labute approximate surface area is 209 Å². The fourth-order valence-corrected chi connectivity index (χ4v) is 4.82. The van der Waals surface area contributed by atoms with Gasteiger partial charge in [0.1, 0.15) is 24.3 Å². The van der Waals surface area contributed by atoms with Crippen molar-refractivity contribution in [2.24, 2.45) is 7.05 Å². The zero-order valence-corrected chi connectivity index (χ0v) is 20.2. The molecule has 1 aromatic carbocycles. The van der Waals surface area contributed by atoms with Gasteiger partial charge >= 0.3 is 6.18 Å². The summed E-state index contributed by atoms with van der Waals surface area (Å²) in [6.45, 7) is 4.64. The summed E-state index contributed by atoms with van der Waals surface area (Å²) in [6.07, 6.45) is -3.66. The summed E-state index contributed by atoms with van der Waals surface area (Å²) >= 11 is 0. The highest BCUT2D eigenvalue weighted by Gasteiger charge is 2.39. The molecule has 37 heavy (non-hydrogen) atoms. The second-order valence-corrected chi connectivity index (χ2v) is 8.78. The molecule has 13 heteroatoms. The van der Waals surface area contributed by atoms with Crippen LogP contribution in [0.15, 0.2) is 36.8 Å². The second kappa shape index (κ2) is 9.05. The number of halogens is 3. The van der Waals surface area contributed by atoms with Crippen molar-refractivity contribution in [3.63, 3.8) is 0 Å². The van der Waals surface area contributed by atoms with Crippen LogP contribution in [-0.2, 0) is 19.8 Å². The first-order chi connectivity index (χ1) is 17.6. The average molecular weight is 514 g/mol. The van der Waals surface area contributed by atoms with Crippen LogP contribution in [0.1, 0.15) is 36.2 Å². The number of carbonyl (C=O) groups is 1. The molecule has 194 valence electrons. The maximum absolute atomic E-state index is 13.4. The maximum atomic E-state index is 13.4. The predicted molar refractivity (Wildman–Crippen MR) is 123 cm³/mol. The number of nitrogens with zero attached hydrogens (tertiary/aromatic N) is 7. The highest BCUT2D eigenvalue weighted by atomic mass is 19.4. The Morgan fingerprint density at radius 1 is 1.27 bits per heavy atom. The molecule has 2 unspecified atom stereocenters. The van der Waals surface area contributed by atoms with Gasteiger partial charge in [0.25, 0.3) is 0 Å². The molecule has 0 N–H and O–H groups in total. The van der Waals surface area contributed by atoms with Crippen molar-refractivity contribution in [3.8, 4) is 17.3 Å². The first-order valence-electron chi connectivity index (χ1n) is 11.6. The lowest BCUT2D eigenvalue weighted by atomic mass is 9.99. The summed E-state index contributed by atoms with van der Waals surface area (Å²) in [5.74, 6) is 0.698. The molecule has 4 heterocycles. The molecule has 5 rings (SSSR count). The number of likely N-dealkylation sites (tertiary alicyclic amines) is 1. The van der Waals surface area contributed by atoms with E-state index in [-0.39, 0.29) is 24.4 Å². The van der Waals surface area contributed by atoms with Crippen molar-refractivity contribution >= 4 is 17.3 Å². The van der Waals surface area contributed by atoms with Gasteiger partial charge in [-0.3, -0.25) is 4.68 Å². The molecule has 10 nitrogen and oxygen atoms in total. The van der Waals surface area contributed by atoms with Crippen LogP contribution < -0.4 is 9.84 Å². The lowest BCUT2D eigenvalue weighted by molar-refractivity contribution is -0.267. The Morgan fingerprint density at radius 2 is 2.05 bits per heavy atom. The van der Waals surface area contributed by atoms with Gasteiger partial charge < -0.3 is 24.1 Å². The molecular weight excluding hydrogens is 491 g/mol. The van der Waals surface area contributed by atoms with E-state index in [1.165, 1.54) is 18.5 Å². The second-order valence-electron chi connectivity index (χ2n) is 8.78. The molecule has 2 atom stereocenters. The number of alkyl halides is 3. The van der Waals surface area contributed by atoms with Crippen LogP contribution in [0.5, 0.6) is 5.88 Å². The highest BCUT2D eigenvalue weighted by Crippen LogP contribution is 2.39. The van der Waals surface area contributed by atoms with Gasteiger partial charge in [-0.25, -0.2) is 9.97 Å². The van der Waals surface area contributed by atoms with Crippen LogP contribution >= 0.6 is 0 Å². The van der Waals surface area contributed by atoms with E-state index in [0.717, 1.165) is 28.3 Å². The van der Waals surface area contributed by atoms with Crippen molar-refractivity contribution in [1.82, 2.24) is 34.2 Å². The third kappa shape index (κ3) is 4.23. The van der Waals surface area contributed by atoms with Crippen LogP contribution in [0.3, 0.4) is 0 Å². The smallest absolute Gasteiger partial charge is 0.416 e. The minimum atomic E-state index is -4.58. The molecule has 1 aliphatic rings. The molecule has 0 radical (unpaired) electrons. The fourth-order valence-electron chi connectivity index (χ4n) is 4.82. The van der Waals surface area contributed by atoms with Crippen LogP contribution in [0, 0.1) is 6.92 Å². The summed E-state index contributed by atoms with van der Waals surface area (Å²) in [5, 5.41) is 16.2. The summed E-state index contributed by atoms with van der Waals surface area (Å²) in [5.41, 5.74) is 1.82. The zero-order valence-electron chi connectivity index (χ0n) is 20.2. The predicted octanol–water partition coefficient (Wildman–Crippen LogP) is 3.11. The van der Waals surface area contributed by atoms with E-state index in [9.17, 15) is 23.1 Å². The fraction of sp³-hybridized carbons (Fsp3) is 0.375. The lowest BCUT2D eigenvalue weighted by Crippen LogP contribution is -2.42. The first-order valence-corrected chi connectivity index (χ1v) is 11.6. The van der Waals surface area contributed by atoms with E-state index < -0.39 is 30.0 Å². The van der Waals surface area contributed by atoms with Gasteiger partial charge in [0.15, 0.2) is 11.2 Å². The van der Waals surface area contributed by atoms with E-state index in [1.807, 2.05) is 18.5 Å². The maximum Gasteiger partial charge on any atom is 0.416 e. The van der Waals surface area contributed by atoms with E-state index >= 15 is 0 Å². The number of imidazole rings is 1. The zero-order chi connectivity index (χ0) is 26.5. The van der Waals surface area contributed by atoms with Gasteiger partial charge in [-0.1, -0.05) is 12.1 Å².